The zero-order chi connectivity index (χ0) is 13.3. The van der Waals surface area contributed by atoms with Crippen LogP contribution < -0.4 is 10.0 Å². The van der Waals surface area contributed by atoms with E-state index in [1.54, 1.807) is 25.6 Å². The van der Waals surface area contributed by atoms with Gasteiger partial charge in [0.15, 0.2) is 0 Å². The third-order valence-corrected chi connectivity index (χ3v) is 5.07. The molecule has 2 N–H and O–H groups in total. The molecule has 0 spiro atoms. The summed E-state index contributed by atoms with van der Waals surface area (Å²) in [5, 5.41) is 7.41. The summed E-state index contributed by atoms with van der Waals surface area (Å²) in [6.45, 7) is 4.89. The smallest absolute Gasteiger partial charge is 0.244 e. The van der Waals surface area contributed by atoms with E-state index >= 15 is 0 Å². The molecule has 0 radical (unpaired) electrons. The predicted molar refractivity (Wildman–Crippen MR) is 68.9 cm³/mol. The van der Waals surface area contributed by atoms with E-state index in [0.29, 0.717) is 22.8 Å². The first-order valence-electron chi connectivity index (χ1n) is 6.15. The van der Waals surface area contributed by atoms with Gasteiger partial charge in [0.25, 0.3) is 0 Å². The molecule has 1 fully saturated rings. The van der Waals surface area contributed by atoms with Gasteiger partial charge in [-0.1, -0.05) is 0 Å². The highest BCUT2D eigenvalue weighted by molar-refractivity contribution is 7.89. The molecule has 2 heterocycles. The van der Waals surface area contributed by atoms with Gasteiger partial charge in [0.1, 0.15) is 4.90 Å². The summed E-state index contributed by atoms with van der Waals surface area (Å²) < 4.78 is 28.8. The van der Waals surface area contributed by atoms with Gasteiger partial charge in [0.05, 0.1) is 11.4 Å². The molecular formula is C11H20N4O2S. The van der Waals surface area contributed by atoms with E-state index in [1.807, 2.05) is 0 Å². The Hall–Kier alpha value is -0.920. The predicted octanol–water partition coefficient (Wildman–Crippen LogP) is 0.0672. The molecule has 1 saturated heterocycles. The maximum atomic E-state index is 12.3. The zero-order valence-corrected chi connectivity index (χ0v) is 11.8. The molecule has 18 heavy (non-hydrogen) atoms. The molecule has 1 aliphatic heterocycles. The average molecular weight is 272 g/mol. The molecule has 0 unspecified atom stereocenters. The van der Waals surface area contributed by atoms with Gasteiger partial charge in [-0.25, -0.2) is 13.1 Å². The fourth-order valence-corrected chi connectivity index (χ4v) is 3.87. The van der Waals surface area contributed by atoms with Crippen LogP contribution in [0.4, 0.5) is 0 Å². The summed E-state index contributed by atoms with van der Waals surface area (Å²) in [6.07, 6.45) is 2.13. The second-order valence-corrected chi connectivity index (χ2v) is 6.47. The van der Waals surface area contributed by atoms with Crippen LogP contribution in [0.3, 0.4) is 0 Å². The van der Waals surface area contributed by atoms with E-state index in [1.165, 1.54) is 0 Å². The van der Waals surface area contributed by atoms with Crippen LogP contribution in [0.5, 0.6) is 0 Å². The second kappa shape index (κ2) is 4.99. The van der Waals surface area contributed by atoms with E-state index in [2.05, 4.69) is 15.1 Å². The third kappa shape index (κ3) is 2.57. The Bertz CT molecular complexity index is 529. The Morgan fingerprint density at radius 2 is 2.22 bits per heavy atom. The highest BCUT2D eigenvalue weighted by atomic mass is 32.2. The second-order valence-electron chi connectivity index (χ2n) is 4.77. The van der Waals surface area contributed by atoms with E-state index in [-0.39, 0.29) is 6.04 Å². The zero-order valence-electron chi connectivity index (χ0n) is 11.0. The number of hydrogen-bond donors (Lipinski definition) is 2. The van der Waals surface area contributed by atoms with Crippen LogP contribution in [-0.4, -0.2) is 37.3 Å². The highest BCUT2D eigenvalue weighted by Crippen LogP contribution is 2.18. The molecule has 0 bridgehead atoms. The van der Waals surface area contributed by atoms with Crippen molar-refractivity contribution in [3.05, 3.63) is 11.4 Å². The van der Waals surface area contributed by atoms with Crippen LogP contribution in [0.15, 0.2) is 4.90 Å². The minimum atomic E-state index is -3.46. The van der Waals surface area contributed by atoms with Gasteiger partial charge in [-0.05, 0) is 33.2 Å². The number of aromatic nitrogens is 2. The van der Waals surface area contributed by atoms with Gasteiger partial charge in [-0.2, -0.15) is 5.10 Å². The van der Waals surface area contributed by atoms with Crippen molar-refractivity contribution in [2.45, 2.75) is 37.6 Å². The van der Waals surface area contributed by atoms with Crippen molar-refractivity contribution in [1.29, 1.82) is 0 Å². The topological polar surface area (TPSA) is 76.0 Å². The SMILES string of the molecule is Cc1nn(C)c(C)c1S(=O)(=O)NC[C@@H]1CCCN1. The average Bonchev–Trinajstić information content (AvgIpc) is 2.86. The Morgan fingerprint density at radius 3 is 2.72 bits per heavy atom. The third-order valence-electron chi connectivity index (χ3n) is 3.39. The van der Waals surface area contributed by atoms with Crippen molar-refractivity contribution in [1.82, 2.24) is 19.8 Å². The molecule has 102 valence electrons. The minimum absolute atomic E-state index is 0.247. The van der Waals surface area contributed by atoms with Crippen molar-refractivity contribution in [2.75, 3.05) is 13.1 Å². The Balaban J connectivity index is 2.14. The summed E-state index contributed by atoms with van der Waals surface area (Å²) in [5.41, 5.74) is 1.21. The number of nitrogens with zero attached hydrogens (tertiary/aromatic N) is 2. The maximum Gasteiger partial charge on any atom is 0.244 e. The lowest BCUT2D eigenvalue weighted by molar-refractivity contribution is 0.550. The Labute approximate surface area is 108 Å². The first kappa shape index (κ1) is 13.5. The monoisotopic (exact) mass is 272 g/mol. The normalized spacial score (nSPS) is 20.5. The Morgan fingerprint density at radius 1 is 1.50 bits per heavy atom. The lowest BCUT2D eigenvalue weighted by Crippen LogP contribution is -2.37. The first-order valence-corrected chi connectivity index (χ1v) is 7.63. The van der Waals surface area contributed by atoms with Gasteiger partial charge in [-0.15, -0.1) is 0 Å². The summed E-state index contributed by atoms with van der Waals surface area (Å²) in [7, 11) is -1.71. The van der Waals surface area contributed by atoms with Gasteiger partial charge >= 0.3 is 0 Å². The number of nitrogens with one attached hydrogen (secondary N) is 2. The summed E-state index contributed by atoms with van der Waals surface area (Å²) in [5.74, 6) is 0. The molecule has 0 saturated carbocycles. The van der Waals surface area contributed by atoms with Crippen LogP contribution >= 0.6 is 0 Å². The molecule has 0 amide bonds. The quantitative estimate of drug-likeness (QED) is 0.813. The van der Waals surface area contributed by atoms with Gasteiger partial charge in [-0.3, -0.25) is 4.68 Å². The fraction of sp³-hybridized carbons (Fsp3) is 0.727. The molecule has 0 aromatic carbocycles. The summed E-state index contributed by atoms with van der Waals surface area (Å²) in [6, 6.07) is 0.247. The number of rotatable bonds is 4. The lowest BCUT2D eigenvalue weighted by atomic mass is 10.2. The van der Waals surface area contributed by atoms with Crippen LogP contribution in [0, 0.1) is 13.8 Å². The van der Waals surface area contributed by atoms with Crippen LogP contribution in [0.1, 0.15) is 24.2 Å². The molecule has 1 atom stereocenters. The maximum absolute atomic E-state index is 12.3. The van der Waals surface area contributed by atoms with Crippen molar-refractivity contribution in [2.24, 2.45) is 7.05 Å². The lowest BCUT2D eigenvalue weighted by Gasteiger charge is -2.12. The summed E-state index contributed by atoms with van der Waals surface area (Å²) >= 11 is 0. The largest absolute Gasteiger partial charge is 0.313 e. The van der Waals surface area contributed by atoms with Crippen molar-refractivity contribution < 1.29 is 8.42 Å². The van der Waals surface area contributed by atoms with Crippen molar-refractivity contribution in [3.63, 3.8) is 0 Å². The minimum Gasteiger partial charge on any atom is -0.313 e. The molecular weight excluding hydrogens is 252 g/mol. The van der Waals surface area contributed by atoms with Crippen LogP contribution in [0.2, 0.25) is 0 Å². The molecule has 2 rings (SSSR count). The van der Waals surface area contributed by atoms with E-state index < -0.39 is 10.0 Å². The van der Waals surface area contributed by atoms with Gasteiger partial charge in [0, 0.05) is 19.6 Å². The molecule has 1 aromatic heterocycles. The number of sulfonamides is 1. The van der Waals surface area contributed by atoms with Crippen molar-refractivity contribution in [3.8, 4) is 0 Å². The van der Waals surface area contributed by atoms with E-state index in [0.717, 1.165) is 19.4 Å². The van der Waals surface area contributed by atoms with Crippen LogP contribution in [0.25, 0.3) is 0 Å². The molecule has 7 heteroatoms. The molecule has 1 aromatic rings. The van der Waals surface area contributed by atoms with E-state index in [4.69, 9.17) is 0 Å². The fourth-order valence-electron chi connectivity index (χ4n) is 2.36. The van der Waals surface area contributed by atoms with E-state index in [9.17, 15) is 8.42 Å². The molecule has 1 aliphatic rings. The van der Waals surface area contributed by atoms with Gasteiger partial charge < -0.3 is 5.32 Å². The standard InChI is InChI=1S/C11H20N4O2S/c1-8-11(9(2)15(3)14-8)18(16,17)13-7-10-5-4-6-12-10/h10,12-13H,4-7H2,1-3H3/t10-/m0/s1. The molecule has 0 aliphatic carbocycles. The number of hydrogen-bond acceptors (Lipinski definition) is 4. The first-order chi connectivity index (χ1) is 8.42. The Kier molecular flexibility index (Phi) is 3.74. The van der Waals surface area contributed by atoms with Crippen molar-refractivity contribution >= 4 is 10.0 Å². The highest BCUT2D eigenvalue weighted by Gasteiger charge is 2.25. The molecule has 6 nitrogen and oxygen atoms in total. The summed E-state index contributed by atoms with van der Waals surface area (Å²) in [4.78, 5) is 0.308. The van der Waals surface area contributed by atoms with Crippen LogP contribution in [-0.2, 0) is 17.1 Å². The number of aryl methyl sites for hydroxylation is 2. The van der Waals surface area contributed by atoms with Gasteiger partial charge in [0.2, 0.25) is 10.0 Å².